The number of benzene rings is 2. The van der Waals surface area contributed by atoms with Gasteiger partial charge in [-0.2, -0.15) is 0 Å². The minimum atomic E-state index is -3.29. The van der Waals surface area contributed by atoms with E-state index in [9.17, 15) is 22.8 Å². The summed E-state index contributed by atoms with van der Waals surface area (Å²) in [5.74, 6) is 0. The average Bonchev–Trinajstić information content (AvgIpc) is 3.63. The van der Waals surface area contributed by atoms with Crippen LogP contribution in [-0.4, -0.2) is 28.4 Å². The van der Waals surface area contributed by atoms with Crippen LogP contribution in [0.15, 0.2) is 69.0 Å². The van der Waals surface area contributed by atoms with Crippen molar-refractivity contribution in [2.24, 2.45) is 7.05 Å². The Hall–Kier alpha value is -2.76. The fraction of sp³-hybridized carbons (Fsp3) is 0.208. The first-order valence-corrected chi connectivity index (χ1v) is 15.7. The lowest BCUT2D eigenvalue weighted by Gasteiger charge is -2.19. The normalized spacial score (nSPS) is 14.1. The van der Waals surface area contributed by atoms with Gasteiger partial charge in [-0.3, -0.25) is 18.7 Å². The van der Waals surface area contributed by atoms with Crippen molar-refractivity contribution >= 4 is 67.5 Å². The summed E-state index contributed by atoms with van der Waals surface area (Å²) in [5, 5.41) is 3.92. The summed E-state index contributed by atoms with van der Waals surface area (Å²) >= 11 is 2.19. The number of rotatable bonds is 6. The zero-order valence-electron chi connectivity index (χ0n) is 19.4. The van der Waals surface area contributed by atoms with E-state index < -0.39 is 34.0 Å². The van der Waals surface area contributed by atoms with Crippen LogP contribution < -0.4 is 27.4 Å². The molecule has 36 heavy (non-hydrogen) atoms. The second-order valence-electron chi connectivity index (χ2n) is 8.73. The number of fused-ring (bicyclic) bond motifs is 1. The van der Waals surface area contributed by atoms with E-state index in [0.29, 0.717) is 35.2 Å². The molecule has 0 bridgehead atoms. The van der Waals surface area contributed by atoms with Gasteiger partial charge in [0, 0.05) is 42.5 Å². The number of hydrogen-bond acceptors (Lipinski definition) is 6. The molecule has 186 valence electrons. The smallest absolute Gasteiger partial charge is 0.337 e. The molecule has 0 amide bonds. The number of nitrogens with zero attached hydrogens (tertiary/aromatic N) is 3. The Morgan fingerprint density at radius 2 is 1.72 bits per heavy atom. The predicted octanol–water partition coefficient (Wildman–Crippen LogP) is 2.80. The Balaban J connectivity index is 1.85. The lowest BCUT2D eigenvalue weighted by atomic mass is 10.2. The summed E-state index contributed by atoms with van der Waals surface area (Å²) in [6.07, 6.45) is 2.57. The quantitative estimate of drug-likeness (QED) is 0.258. The highest BCUT2D eigenvalue weighted by Crippen LogP contribution is 2.33. The molecule has 0 saturated heterocycles. The first-order chi connectivity index (χ1) is 17.0. The number of pyridine rings is 1. The van der Waals surface area contributed by atoms with Gasteiger partial charge in [-0.05, 0) is 77.1 Å². The van der Waals surface area contributed by atoms with Crippen molar-refractivity contribution in [3.63, 3.8) is 0 Å². The van der Waals surface area contributed by atoms with E-state index in [0.717, 1.165) is 9.83 Å². The third-order valence-electron chi connectivity index (χ3n) is 5.89. The Morgan fingerprint density at radius 1 is 1.03 bits per heavy atom. The molecule has 1 fully saturated rings. The van der Waals surface area contributed by atoms with Crippen LogP contribution >= 0.6 is 30.4 Å². The van der Waals surface area contributed by atoms with E-state index >= 15 is 0 Å². The van der Waals surface area contributed by atoms with Gasteiger partial charge in [0.2, 0.25) is 0 Å². The molecule has 1 aliphatic carbocycles. The predicted molar refractivity (Wildman–Crippen MR) is 153 cm³/mol. The standard InChI is InChI=1S/C24H22IN4O5PS/c1-27-20(30)13-19(26-15-8-6-14(25)7-9-15)21-22(27)28(24(32)29(23(21)31)16-10-11-16)17-4-3-5-18(12-17)35-36(2,33)34/h3-9,12-13,16,26,35H,10-11H2,1-2H3. The van der Waals surface area contributed by atoms with Crippen molar-refractivity contribution in [1.29, 1.82) is 0 Å². The van der Waals surface area contributed by atoms with Crippen LogP contribution in [0.3, 0.4) is 0 Å². The molecule has 0 radical (unpaired) electrons. The van der Waals surface area contributed by atoms with Crippen molar-refractivity contribution in [2.75, 3.05) is 11.6 Å². The SMILES string of the molecule is Cn1c(=O)cc(Nc2ccc(I)cc2)c2c(=O)n(C3CC3)c(=O)n(-c3cccc(PS(C)(=O)=O)c3)c21. The van der Waals surface area contributed by atoms with Crippen LogP contribution in [-0.2, 0) is 16.5 Å². The fourth-order valence-electron chi connectivity index (χ4n) is 4.16. The molecule has 1 N–H and O–H groups in total. The van der Waals surface area contributed by atoms with Crippen LogP contribution in [0.1, 0.15) is 18.9 Å². The Bertz CT molecular complexity index is 1810. The molecule has 1 saturated carbocycles. The summed E-state index contributed by atoms with van der Waals surface area (Å²) in [6, 6.07) is 15.3. The first kappa shape index (κ1) is 24.9. The number of nitrogens with one attached hydrogen (secondary N) is 1. The molecule has 2 aromatic heterocycles. The number of halogens is 1. The first-order valence-electron chi connectivity index (χ1n) is 11.1. The van der Waals surface area contributed by atoms with Crippen molar-refractivity contribution in [3.8, 4) is 5.69 Å². The van der Waals surface area contributed by atoms with Crippen LogP contribution in [0.25, 0.3) is 16.7 Å². The number of hydrogen-bond donors (Lipinski definition) is 1. The lowest BCUT2D eigenvalue weighted by Crippen LogP contribution is -2.41. The number of aromatic nitrogens is 3. The van der Waals surface area contributed by atoms with Crippen molar-refractivity contribution in [1.82, 2.24) is 13.7 Å². The summed E-state index contributed by atoms with van der Waals surface area (Å²) in [7, 11) is -2.26. The molecule has 1 unspecified atom stereocenters. The molecule has 0 aliphatic heterocycles. The second kappa shape index (κ2) is 9.28. The molecular weight excluding hydrogens is 614 g/mol. The maximum absolute atomic E-state index is 13.7. The van der Waals surface area contributed by atoms with Crippen LogP contribution in [0, 0.1) is 3.57 Å². The molecule has 5 rings (SSSR count). The van der Waals surface area contributed by atoms with Gasteiger partial charge in [-0.25, -0.2) is 17.8 Å². The lowest BCUT2D eigenvalue weighted by molar-refractivity contribution is 0.615. The third-order valence-corrected chi connectivity index (χ3v) is 9.35. The molecule has 1 aliphatic rings. The fourth-order valence-corrected chi connectivity index (χ4v) is 6.98. The van der Waals surface area contributed by atoms with Gasteiger partial charge in [0.05, 0.1) is 11.4 Å². The maximum Gasteiger partial charge on any atom is 0.337 e. The van der Waals surface area contributed by atoms with Gasteiger partial charge in [-0.1, -0.05) is 12.1 Å². The third kappa shape index (κ3) is 4.79. The molecule has 2 aromatic carbocycles. The highest BCUT2D eigenvalue weighted by molar-refractivity contribution is 14.1. The zero-order valence-corrected chi connectivity index (χ0v) is 23.3. The van der Waals surface area contributed by atoms with E-state index in [1.54, 1.807) is 24.3 Å². The Labute approximate surface area is 221 Å². The molecule has 4 aromatic rings. The minimum absolute atomic E-state index is 0.141. The van der Waals surface area contributed by atoms with Crippen LogP contribution in [0.4, 0.5) is 11.4 Å². The maximum atomic E-state index is 13.7. The molecule has 12 heteroatoms. The van der Waals surface area contributed by atoms with E-state index in [-0.39, 0.29) is 17.1 Å². The summed E-state index contributed by atoms with van der Waals surface area (Å²) in [4.78, 5) is 40.4. The van der Waals surface area contributed by atoms with Crippen LogP contribution in [0.2, 0.25) is 0 Å². The highest BCUT2D eigenvalue weighted by Gasteiger charge is 2.31. The number of aryl methyl sites for hydroxylation is 1. The molecule has 9 nitrogen and oxygen atoms in total. The monoisotopic (exact) mass is 636 g/mol. The van der Waals surface area contributed by atoms with Gasteiger partial charge < -0.3 is 5.32 Å². The highest BCUT2D eigenvalue weighted by atomic mass is 127. The van der Waals surface area contributed by atoms with Crippen LogP contribution in [0.5, 0.6) is 0 Å². The van der Waals surface area contributed by atoms with Gasteiger partial charge >= 0.3 is 5.69 Å². The second-order valence-corrected chi connectivity index (χ2v) is 15.1. The average molecular weight is 636 g/mol. The molecule has 2 heterocycles. The minimum Gasteiger partial charge on any atom is -0.355 e. The van der Waals surface area contributed by atoms with E-state index in [1.807, 2.05) is 24.3 Å². The largest absolute Gasteiger partial charge is 0.355 e. The van der Waals surface area contributed by atoms with Gasteiger partial charge in [0.25, 0.3) is 11.1 Å². The van der Waals surface area contributed by atoms with Crippen molar-refractivity contribution < 1.29 is 8.42 Å². The zero-order chi connectivity index (χ0) is 25.8. The Morgan fingerprint density at radius 3 is 2.36 bits per heavy atom. The summed E-state index contributed by atoms with van der Waals surface area (Å²) < 4.78 is 28.7. The van der Waals surface area contributed by atoms with E-state index in [1.165, 1.54) is 26.8 Å². The van der Waals surface area contributed by atoms with Crippen molar-refractivity contribution in [3.05, 3.63) is 89.4 Å². The molecular formula is C24H22IN4O5PS. The van der Waals surface area contributed by atoms with Gasteiger partial charge in [-0.15, -0.1) is 0 Å². The molecule has 1 atom stereocenters. The van der Waals surface area contributed by atoms with E-state index in [2.05, 4.69) is 27.9 Å². The van der Waals surface area contributed by atoms with Gasteiger partial charge in [0.1, 0.15) is 11.0 Å². The summed E-state index contributed by atoms with van der Waals surface area (Å²) in [5.41, 5.74) is 0.0916. The topological polar surface area (TPSA) is 112 Å². The number of anilines is 2. The van der Waals surface area contributed by atoms with Gasteiger partial charge in [0.15, 0.2) is 9.46 Å². The summed E-state index contributed by atoms with van der Waals surface area (Å²) in [6.45, 7) is 0. The molecule has 0 spiro atoms. The Kier molecular flexibility index (Phi) is 6.42. The van der Waals surface area contributed by atoms with Crippen molar-refractivity contribution in [2.45, 2.75) is 18.9 Å². The van der Waals surface area contributed by atoms with E-state index in [4.69, 9.17) is 0 Å².